The first-order chi connectivity index (χ1) is 13.6. The normalized spacial score (nSPS) is 11.2. The molecule has 0 aliphatic rings. The Morgan fingerprint density at radius 1 is 0.929 bits per heavy atom. The molecule has 5 heteroatoms. The lowest BCUT2D eigenvalue weighted by Gasteiger charge is -2.30. The molecule has 3 rings (SSSR count). The summed E-state index contributed by atoms with van der Waals surface area (Å²) < 4.78 is 0. The van der Waals surface area contributed by atoms with Crippen LogP contribution in [0.4, 0.5) is 0 Å². The maximum absolute atomic E-state index is 13.3. The molecule has 0 heterocycles. The van der Waals surface area contributed by atoms with Crippen LogP contribution >= 0.6 is 0 Å². The molecule has 2 N–H and O–H groups in total. The molecular weight excluding hydrogens is 350 g/mol. The van der Waals surface area contributed by atoms with E-state index in [1.165, 1.54) is 4.90 Å². The number of amides is 2. The Balaban J connectivity index is 2.06. The zero-order valence-corrected chi connectivity index (χ0v) is 15.2. The van der Waals surface area contributed by atoms with Gasteiger partial charge in [-0.25, -0.2) is 0 Å². The van der Waals surface area contributed by atoms with Gasteiger partial charge in [-0.3, -0.25) is 9.59 Å². The fraction of sp³-hybridized carbons (Fsp3) is 0.0870. The molecule has 138 valence electrons. The highest BCUT2D eigenvalue weighted by Crippen LogP contribution is 2.25. The Bertz CT molecular complexity index is 1010. The van der Waals surface area contributed by atoms with E-state index in [2.05, 4.69) is 6.07 Å². The number of carbonyl (C=O) groups is 2. The van der Waals surface area contributed by atoms with E-state index in [0.29, 0.717) is 16.7 Å². The first-order valence-corrected chi connectivity index (χ1v) is 8.79. The van der Waals surface area contributed by atoms with Gasteiger partial charge in [-0.1, -0.05) is 60.7 Å². The molecule has 2 amide bonds. The molecule has 3 aromatic carbocycles. The summed E-state index contributed by atoms with van der Waals surface area (Å²) in [5, 5.41) is 9.15. The van der Waals surface area contributed by atoms with E-state index < -0.39 is 11.9 Å². The number of hydrogen-bond acceptors (Lipinski definition) is 3. The highest BCUT2D eigenvalue weighted by Gasteiger charge is 2.30. The third-order valence-electron chi connectivity index (χ3n) is 4.39. The summed E-state index contributed by atoms with van der Waals surface area (Å²) in [6, 6.07) is 25.8. The largest absolute Gasteiger partial charge is 0.368 e. The van der Waals surface area contributed by atoms with Crippen molar-refractivity contribution < 1.29 is 9.59 Å². The van der Waals surface area contributed by atoms with E-state index in [-0.39, 0.29) is 12.5 Å². The summed E-state index contributed by atoms with van der Waals surface area (Å²) >= 11 is 0. The van der Waals surface area contributed by atoms with Crippen LogP contribution in [0.25, 0.3) is 0 Å². The van der Waals surface area contributed by atoms with Crippen molar-refractivity contribution in [3.8, 4) is 6.07 Å². The lowest BCUT2D eigenvalue weighted by Crippen LogP contribution is -2.41. The standard InChI is InChI=1S/C23H19N3O2/c24-15-17-8-7-9-18(14-17)16-26(23(28)20-12-5-2-6-13-20)21(22(25)27)19-10-3-1-4-11-19/h1-14,21H,16H2,(H2,25,27)/t21-/m1/s1. The van der Waals surface area contributed by atoms with Crippen molar-refractivity contribution in [1.82, 2.24) is 4.90 Å². The van der Waals surface area contributed by atoms with E-state index in [4.69, 9.17) is 11.0 Å². The molecular formula is C23H19N3O2. The molecule has 0 aliphatic carbocycles. The molecule has 0 aromatic heterocycles. The summed E-state index contributed by atoms with van der Waals surface area (Å²) in [5.74, 6) is -0.928. The minimum absolute atomic E-state index is 0.145. The zero-order chi connectivity index (χ0) is 19.9. The topological polar surface area (TPSA) is 87.2 Å². The van der Waals surface area contributed by atoms with Crippen molar-refractivity contribution in [2.24, 2.45) is 5.73 Å². The van der Waals surface area contributed by atoms with Crippen molar-refractivity contribution in [2.45, 2.75) is 12.6 Å². The number of nitrogens with zero attached hydrogens (tertiary/aromatic N) is 2. The maximum atomic E-state index is 13.3. The average molecular weight is 369 g/mol. The monoisotopic (exact) mass is 369 g/mol. The third kappa shape index (κ3) is 4.25. The second kappa shape index (κ2) is 8.65. The smallest absolute Gasteiger partial charge is 0.255 e. The van der Waals surface area contributed by atoms with Gasteiger partial charge in [-0.15, -0.1) is 0 Å². The number of primary amides is 1. The average Bonchev–Trinajstić information content (AvgIpc) is 2.74. The van der Waals surface area contributed by atoms with Crippen molar-refractivity contribution in [3.05, 3.63) is 107 Å². The van der Waals surface area contributed by atoms with Crippen LogP contribution in [0.15, 0.2) is 84.9 Å². The van der Waals surface area contributed by atoms with E-state index >= 15 is 0 Å². The predicted molar refractivity (Wildman–Crippen MR) is 106 cm³/mol. The van der Waals surface area contributed by atoms with Crippen LogP contribution in [0.5, 0.6) is 0 Å². The Morgan fingerprint density at radius 2 is 1.57 bits per heavy atom. The van der Waals surface area contributed by atoms with Gasteiger partial charge in [-0.05, 0) is 35.4 Å². The van der Waals surface area contributed by atoms with Gasteiger partial charge in [0, 0.05) is 12.1 Å². The molecule has 5 nitrogen and oxygen atoms in total. The Morgan fingerprint density at radius 3 is 2.18 bits per heavy atom. The van der Waals surface area contributed by atoms with E-state index in [9.17, 15) is 9.59 Å². The molecule has 0 radical (unpaired) electrons. The number of nitrogens with two attached hydrogens (primary N) is 1. The van der Waals surface area contributed by atoms with Crippen LogP contribution in [0.1, 0.15) is 33.1 Å². The second-order valence-electron chi connectivity index (χ2n) is 6.33. The number of benzene rings is 3. The lowest BCUT2D eigenvalue weighted by atomic mass is 10.0. The predicted octanol–water partition coefficient (Wildman–Crippen LogP) is 3.43. The van der Waals surface area contributed by atoms with Crippen molar-refractivity contribution in [3.63, 3.8) is 0 Å². The number of carbonyl (C=O) groups excluding carboxylic acids is 2. The number of nitriles is 1. The molecule has 0 saturated heterocycles. The van der Waals surface area contributed by atoms with Gasteiger partial charge in [0.1, 0.15) is 6.04 Å². The van der Waals surface area contributed by atoms with Crippen LogP contribution in [0, 0.1) is 11.3 Å². The maximum Gasteiger partial charge on any atom is 0.255 e. The molecule has 0 saturated carbocycles. The summed E-state index contributed by atoms with van der Waals surface area (Å²) in [6.45, 7) is 0.145. The van der Waals surface area contributed by atoms with Crippen molar-refractivity contribution >= 4 is 11.8 Å². The summed E-state index contributed by atoms with van der Waals surface area (Å²) in [6.07, 6.45) is 0. The number of hydrogen-bond donors (Lipinski definition) is 1. The van der Waals surface area contributed by atoms with Crippen molar-refractivity contribution in [1.29, 1.82) is 5.26 Å². The highest BCUT2D eigenvalue weighted by atomic mass is 16.2. The summed E-state index contributed by atoms with van der Waals surface area (Å²) in [7, 11) is 0. The molecule has 0 spiro atoms. The molecule has 0 fully saturated rings. The zero-order valence-electron chi connectivity index (χ0n) is 15.2. The van der Waals surface area contributed by atoms with Gasteiger partial charge in [-0.2, -0.15) is 5.26 Å². The van der Waals surface area contributed by atoms with Gasteiger partial charge in [0.05, 0.1) is 11.6 Å². The number of rotatable bonds is 6. The fourth-order valence-corrected chi connectivity index (χ4v) is 3.10. The molecule has 0 unspecified atom stereocenters. The molecule has 3 aromatic rings. The second-order valence-corrected chi connectivity index (χ2v) is 6.33. The molecule has 0 bridgehead atoms. The quantitative estimate of drug-likeness (QED) is 0.722. The Kier molecular flexibility index (Phi) is 5.83. The Hall–Kier alpha value is -3.91. The van der Waals surface area contributed by atoms with Gasteiger partial charge < -0.3 is 10.6 Å². The van der Waals surface area contributed by atoms with Gasteiger partial charge >= 0.3 is 0 Å². The van der Waals surface area contributed by atoms with Crippen LogP contribution in [-0.4, -0.2) is 16.7 Å². The summed E-state index contributed by atoms with van der Waals surface area (Å²) in [5.41, 5.74) is 8.03. The van der Waals surface area contributed by atoms with E-state index in [1.807, 2.05) is 18.2 Å². The fourth-order valence-electron chi connectivity index (χ4n) is 3.10. The van der Waals surface area contributed by atoms with Gasteiger partial charge in [0.2, 0.25) is 5.91 Å². The lowest BCUT2D eigenvalue weighted by molar-refractivity contribution is -0.122. The minimum Gasteiger partial charge on any atom is -0.368 e. The van der Waals surface area contributed by atoms with Crippen LogP contribution in [0.2, 0.25) is 0 Å². The molecule has 28 heavy (non-hydrogen) atoms. The first-order valence-electron chi connectivity index (χ1n) is 8.79. The molecule has 0 aliphatic heterocycles. The first kappa shape index (κ1) is 18.9. The van der Waals surface area contributed by atoms with Gasteiger partial charge in [0.15, 0.2) is 0 Å². The van der Waals surface area contributed by atoms with Crippen molar-refractivity contribution in [2.75, 3.05) is 0 Å². The SMILES string of the molecule is N#Cc1cccc(CN(C(=O)c2ccccc2)[C@@H](C(N)=O)c2ccccc2)c1. The summed E-state index contributed by atoms with van der Waals surface area (Å²) in [4.78, 5) is 27.1. The van der Waals surface area contributed by atoms with Gasteiger partial charge in [0.25, 0.3) is 5.91 Å². The van der Waals surface area contributed by atoms with Crippen LogP contribution < -0.4 is 5.73 Å². The minimum atomic E-state index is -0.931. The van der Waals surface area contributed by atoms with E-state index in [0.717, 1.165) is 5.56 Å². The third-order valence-corrected chi connectivity index (χ3v) is 4.39. The van der Waals surface area contributed by atoms with Crippen LogP contribution in [0.3, 0.4) is 0 Å². The van der Waals surface area contributed by atoms with E-state index in [1.54, 1.807) is 66.7 Å². The van der Waals surface area contributed by atoms with Crippen LogP contribution in [-0.2, 0) is 11.3 Å². The molecule has 1 atom stereocenters. The Labute approximate surface area is 163 Å². The highest BCUT2D eigenvalue weighted by molar-refractivity contribution is 5.97.